The number of halogens is 2. The van der Waals surface area contributed by atoms with E-state index < -0.39 is 0 Å². The molecule has 1 aliphatic carbocycles. The molecule has 1 unspecified atom stereocenters. The predicted octanol–water partition coefficient (Wildman–Crippen LogP) is 6.14. The van der Waals surface area contributed by atoms with Gasteiger partial charge in [0.25, 0.3) is 0 Å². The van der Waals surface area contributed by atoms with Crippen molar-refractivity contribution < 1.29 is 0 Å². The van der Waals surface area contributed by atoms with Gasteiger partial charge in [-0.3, -0.25) is 0 Å². The van der Waals surface area contributed by atoms with Crippen molar-refractivity contribution in [2.45, 2.75) is 58.4 Å². The standard InChI is InChI=1S/C17H25Br2N/c1-3-20-17(13-8-6-4-5-7-9-13)14-11-15(18)12(2)10-16(14)19/h10-11,13,17,20H,3-9H2,1-2H3. The first kappa shape index (κ1) is 16.5. The van der Waals surface area contributed by atoms with Crippen molar-refractivity contribution in [2.24, 2.45) is 5.92 Å². The summed E-state index contributed by atoms with van der Waals surface area (Å²) in [5, 5.41) is 3.73. The lowest BCUT2D eigenvalue weighted by molar-refractivity contribution is 0.329. The van der Waals surface area contributed by atoms with E-state index in [2.05, 4.69) is 63.2 Å². The number of hydrogen-bond acceptors (Lipinski definition) is 1. The third-order valence-corrected chi connectivity index (χ3v) is 5.95. The second-order valence-electron chi connectivity index (χ2n) is 5.91. The Morgan fingerprint density at radius 3 is 2.35 bits per heavy atom. The van der Waals surface area contributed by atoms with Crippen LogP contribution in [0.25, 0.3) is 0 Å². The maximum atomic E-state index is 3.78. The Kier molecular flexibility index (Phi) is 6.57. The lowest BCUT2D eigenvalue weighted by Gasteiger charge is -2.29. The Hall–Kier alpha value is 0.140. The normalized spacial score (nSPS) is 18.8. The van der Waals surface area contributed by atoms with Gasteiger partial charge in [-0.2, -0.15) is 0 Å². The van der Waals surface area contributed by atoms with Gasteiger partial charge in [-0.05, 0) is 55.5 Å². The van der Waals surface area contributed by atoms with Crippen LogP contribution in [0.1, 0.15) is 62.6 Å². The van der Waals surface area contributed by atoms with Crippen LogP contribution in [0, 0.1) is 12.8 Å². The van der Waals surface area contributed by atoms with E-state index in [0.717, 1.165) is 12.5 Å². The molecule has 1 aliphatic rings. The monoisotopic (exact) mass is 401 g/mol. The van der Waals surface area contributed by atoms with Crippen molar-refractivity contribution in [2.75, 3.05) is 6.54 Å². The van der Waals surface area contributed by atoms with Crippen LogP contribution >= 0.6 is 31.9 Å². The van der Waals surface area contributed by atoms with E-state index in [1.165, 1.54) is 58.6 Å². The molecule has 1 aromatic carbocycles. The Balaban J connectivity index is 2.29. The SMILES string of the molecule is CCNC(c1cc(Br)c(C)cc1Br)C1CCCCCC1. The van der Waals surface area contributed by atoms with Crippen LogP contribution in [0.3, 0.4) is 0 Å². The van der Waals surface area contributed by atoms with Crippen LogP contribution in [0.2, 0.25) is 0 Å². The molecular formula is C17H25Br2N. The number of rotatable bonds is 4. The van der Waals surface area contributed by atoms with Crippen molar-refractivity contribution in [1.82, 2.24) is 5.32 Å². The molecule has 0 aromatic heterocycles. The lowest BCUT2D eigenvalue weighted by Crippen LogP contribution is -2.28. The summed E-state index contributed by atoms with van der Waals surface area (Å²) in [5.74, 6) is 0.767. The second-order valence-corrected chi connectivity index (χ2v) is 7.62. The zero-order valence-corrected chi connectivity index (χ0v) is 15.7. The average Bonchev–Trinajstić information content (AvgIpc) is 2.69. The fourth-order valence-electron chi connectivity index (χ4n) is 3.29. The fourth-order valence-corrected chi connectivity index (χ4v) is 4.36. The first-order valence-electron chi connectivity index (χ1n) is 7.82. The minimum Gasteiger partial charge on any atom is -0.310 e. The molecule has 1 aromatic rings. The molecule has 0 bridgehead atoms. The molecule has 1 saturated carbocycles. The summed E-state index contributed by atoms with van der Waals surface area (Å²) in [7, 11) is 0. The molecule has 1 atom stereocenters. The first-order valence-corrected chi connectivity index (χ1v) is 9.41. The third kappa shape index (κ3) is 4.08. The number of hydrogen-bond donors (Lipinski definition) is 1. The highest BCUT2D eigenvalue weighted by Crippen LogP contribution is 2.38. The van der Waals surface area contributed by atoms with Gasteiger partial charge in [-0.15, -0.1) is 0 Å². The van der Waals surface area contributed by atoms with Crippen LogP contribution in [0.15, 0.2) is 21.1 Å². The molecule has 1 N–H and O–H groups in total. The summed E-state index contributed by atoms with van der Waals surface area (Å²) in [4.78, 5) is 0. The predicted molar refractivity (Wildman–Crippen MR) is 94.2 cm³/mol. The number of nitrogens with one attached hydrogen (secondary N) is 1. The highest BCUT2D eigenvalue weighted by Gasteiger charge is 2.25. The molecule has 1 fully saturated rings. The molecule has 0 heterocycles. The molecule has 112 valence electrons. The Labute approximate surface area is 140 Å². The van der Waals surface area contributed by atoms with Gasteiger partial charge in [-0.1, -0.05) is 64.5 Å². The van der Waals surface area contributed by atoms with E-state index in [9.17, 15) is 0 Å². The highest BCUT2D eigenvalue weighted by molar-refractivity contribution is 9.11. The molecule has 0 spiro atoms. The lowest BCUT2D eigenvalue weighted by atomic mass is 9.87. The average molecular weight is 403 g/mol. The minimum absolute atomic E-state index is 0.476. The van der Waals surface area contributed by atoms with Gasteiger partial charge < -0.3 is 5.32 Å². The summed E-state index contributed by atoms with van der Waals surface area (Å²) in [6, 6.07) is 5.02. The molecule has 0 amide bonds. The Morgan fingerprint density at radius 1 is 1.10 bits per heavy atom. The molecule has 1 nitrogen and oxygen atoms in total. The van der Waals surface area contributed by atoms with Crippen LogP contribution in [0.5, 0.6) is 0 Å². The van der Waals surface area contributed by atoms with Gasteiger partial charge in [0.1, 0.15) is 0 Å². The maximum Gasteiger partial charge on any atom is 0.0360 e. The van der Waals surface area contributed by atoms with Gasteiger partial charge in [0.2, 0.25) is 0 Å². The molecule has 3 heteroatoms. The molecular weight excluding hydrogens is 378 g/mol. The summed E-state index contributed by atoms with van der Waals surface area (Å²) in [6.07, 6.45) is 8.31. The summed E-state index contributed by atoms with van der Waals surface area (Å²) in [6.45, 7) is 5.38. The van der Waals surface area contributed by atoms with Crippen LogP contribution in [-0.2, 0) is 0 Å². The molecule has 0 radical (unpaired) electrons. The highest BCUT2D eigenvalue weighted by atomic mass is 79.9. The zero-order chi connectivity index (χ0) is 14.5. The van der Waals surface area contributed by atoms with E-state index in [1.807, 2.05) is 0 Å². The summed E-state index contributed by atoms with van der Waals surface area (Å²) < 4.78 is 2.46. The van der Waals surface area contributed by atoms with Gasteiger partial charge >= 0.3 is 0 Å². The largest absolute Gasteiger partial charge is 0.310 e. The van der Waals surface area contributed by atoms with E-state index >= 15 is 0 Å². The fraction of sp³-hybridized carbons (Fsp3) is 0.647. The van der Waals surface area contributed by atoms with E-state index in [-0.39, 0.29) is 0 Å². The number of aryl methyl sites for hydroxylation is 1. The third-order valence-electron chi connectivity index (χ3n) is 4.41. The number of benzene rings is 1. The van der Waals surface area contributed by atoms with Crippen LogP contribution in [0.4, 0.5) is 0 Å². The zero-order valence-electron chi connectivity index (χ0n) is 12.5. The molecule has 2 rings (SSSR count). The smallest absolute Gasteiger partial charge is 0.0360 e. The van der Waals surface area contributed by atoms with Gasteiger partial charge in [0.05, 0.1) is 0 Å². The van der Waals surface area contributed by atoms with E-state index in [1.54, 1.807) is 0 Å². The summed E-state index contributed by atoms with van der Waals surface area (Å²) >= 11 is 7.47. The van der Waals surface area contributed by atoms with Crippen LogP contribution < -0.4 is 5.32 Å². The second kappa shape index (κ2) is 7.95. The van der Waals surface area contributed by atoms with Crippen molar-refractivity contribution in [1.29, 1.82) is 0 Å². The van der Waals surface area contributed by atoms with Crippen LogP contribution in [-0.4, -0.2) is 6.54 Å². The minimum atomic E-state index is 0.476. The van der Waals surface area contributed by atoms with Gasteiger partial charge in [-0.25, -0.2) is 0 Å². The topological polar surface area (TPSA) is 12.0 Å². The Bertz CT molecular complexity index is 437. The summed E-state index contributed by atoms with van der Waals surface area (Å²) in [5.41, 5.74) is 2.70. The van der Waals surface area contributed by atoms with Gasteiger partial charge in [0.15, 0.2) is 0 Å². The molecule has 0 aliphatic heterocycles. The molecule has 20 heavy (non-hydrogen) atoms. The quantitative estimate of drug-likeness (QED) is 0.596. The van der Waals surface area contributed by atoms with Crippen molar-refractivity contribution >= 4 is 31.9 Å². The van der Waals surface area contributed by atoms with E-state index in [4.69, 9.17) is 0 Å². The molecule has 0 saturated heterocycles. The first-order chi connectivity index (χ1) is 9.63. The van der Waals surface area contributed by atoms with Crippen molar-refractivity contribution in [3.05, 3.63) is 32.2 Å². The Morgan fingerprint density at radius 2 is 1.75 bits per heavy atom. The van der Waals surface area contributed by atoms with E-state index in [0.29, 0.717) is 6.04 Å². The van der Waals surface area contributed by atoms with Gasteiger partial charge in [0, 0.05) is 15.0 Å². The maximum absolute atomic E-state index is 3.78. The van der Waals surface area contributed by atoms with Crippen molar-refractivity contribution in [3.8, 4) is 0 Å². The van der Waals surface area contributed by atoms with Crippen molar-refractivity contribution in [3.63, 3.8) is 0 Å².